The molecule has 30 heavy (non-hydrogen) atoms. The van der Waals surface area contributed by atoms with Gasteiger partial charge in [-0.1, -0.05) is 29.8 Å². The number of aliphatic imine (C=N–C) groups is 1. The van der Waals surface area contributed by atoms with Gasteiger partial charge in [0, 0.05) is 24.8 Å². The van der Waals surface area contributed by atoms with Crippen molar-refractivity contribution >= 4 is 23.0 Å². The third-order valence-corrected chi connectivity index (χ3v) is 5.05. The van der Waals surface area contributed by atoms with Crippen LogP contribution in [0.2, 0.25) is 0 Å². The molecule has 0 unspecified atom stereocenters. The van der Waals surface area contributed by atoms with Crippen molar-refractivity contribution in [3.05, 3.63) is 71.0 Å². The molecule has 0 amide bonds. The van der Waals surface area contributed by atoms with Crippen molar-refractivity contribution in [2.24, 2.45) is 4.99 Å². The summed E-state index contributed by atoms with van der Waals surface area (Å²) in [7, 11) is 5.28. The zero-order valence-corrected chi connectivity index (χ0v) is 17.9. The minimum absolute atomic E-state index is 0.564. The highest BCUT2D eigenvalue weighted by Gasteiger charge is 2.16. The van der Waals surface area contributed by atoms with Gasteiger partial charge in [0.25, 0.3) is 0 Å². The number of ether oxygens (including phenoxy) is 2. The first-order valence-corrected chi connectivity index (χ1v) is 9.72. The Morgan fingerprint density at radius 2 is 1.60 bits per heavy atom. The first kappa shape index (κ1) is 19.6. The van der Waals surface area contributed by atoms with Gasteiger partial charge in [-0.3, -0.25) is 0 Å². The van der Waals surface area contributed by atoms with E-state index in [1.807, 2.05) is 48.5 Å². The van der Waals surface area contributed by atoms with E-state index in [1.54, 1.807) is 14.2 Å². The zero-order chi connectivity index (χ0) is 21.3. The van der Waals surface area contributed by atoms with Crippen molar-refractivity contribution in [2.45, 2.75) is 13.8 Å². The largest absolute Gasteiger partial charge is 0.497 e. The number of fused-ring (bicyclic) bond motifs is 1. The Hall–Kier alpha value is -3.67. The Morgan fingerprint density at radius 1 is 0.900 bits per heavy atom. The van der Waals surface area contributed by atoms with Crippen LogP contribution in [0.3, 0.4) is 0 Å². The molecular weight excluding hydrogens is 376 g/mol. The number of hydrogen-bond donors (Lipinski definition) is 1. The fraction of sp³-hybridized carbons (Fsp3) is 0.208. The normalized spacial score (nSPS) is 14.0. The van der Waals surface area contributed by atoms with Crippen LogP contribution in [0.5, 0.6) is 11.5 Å². The number of guanidine groups is 1. The van der Waals surface area contributed by atoms with Crippen LogP contribution in [-0.4, -0.2) is 27.2 Å². The Bertz CT molecular complexity index is 1100. The lowest BCUT2D eigenvalue weighted by molar-refractivity contribution is 0.394. The number of nitrogens with zero attached hydrogens (tertiary/aromatic N) is 3. The number of rotatable bonds is 4. The minimum Gasteiger partial charge on any atom is -0.497 e. The average Bonchev–Trinajstić information content (AvgIpc) is 2.74. The molecule has 4 rings (SSSR count). The molecule has 0 aromatic heterocycles. The van der Waals surface area contributed by atoms with Crippen LogP contribution in [0.15, 0.2) is 59.6 Å². The van der Waals surface area contributed by atoms with Crippen molar-refractivity contribution in [3.63, 3.8) is 0 Å². The second-order valence-corrected chi connectivity index (χ2v) is 7.32. The lowest BCUT2D eigenvalue weighted by Crippen LogP contribution is -2.41. The summed E-state index contributed by atoms with van der Waals surface area (Å²) in [6, 6.07) is 18.2. The fourth-order valence-electron chi connectivity index (χ4n) is 3.51. The van der Waals surface area contributed by atoms with Gasteiger partial charge in [0.05, 0.1) is 19.9 Å². The van der Waals surface area contributed by atoms with Gasteiger partial charge in [0.15, 0.2) is 0 Å². The first-order valence-electron chi connectivity index (χ1n) is 9.72. The monoisotopic (exact) mass is 401 g/mol. The quantitative estimate of drug-likeness (QED) is 0.615. The van der Waals surface area contributed by atoms with Gasteiger partial charge in [-0.05, 0) is 60.5 Å². The third kappa shape index (κ3) is 3.89. The number of nitrogens with one attached hydrogen (secondary N) is 1. The molecule has 0 fully saturated rings. The van der Waals surface area contributed by atoms with Crippen LogP contribution in [-0.2, 0) is 0 Å². The predicted octanol–water partition coefficient (Wildman–Crippen LogP) is 5.63. The molecule has 1 aliphatic rings. The fourth-order valence-corrected chi connectivity index (χ4v) is 3.51. The summed E-state index contributed by atoms with van der Waals surface area (Å²) >= 11 is 0. The molecule has 1 heterocycles. The summed E-state index contributed by atoms with van der Waals surface area (Å²) in [6.07, 6.45) is 0. The number of methoxy groups -OCH3 is 2. The number of benzene rings is 3. The predicted molar refractivity (Wildman–Crippen MR) is 123 cm³/mol. The standard InChI is InChI=1S/C24H25N4O2/c1-15-7-6-8-19(9-15)25-24-26-23-16(2)10-17(13-22(23)28(3)27-24)18-11-20(29-4)14-21(12-18)30-5/h6-14H,1-5H3,(H-,25,26,27)/q-1. The first-order chi connectivity index (χ1) is 14.5. The van der Waals surface area contributed by atoms with E-state index in [-0.39, 0.29) is 0 Å². The second kappa shape index (κ2) is 7.99. The van der Waals surface area contributed by atoms with Gasteiger partial charge in [-0.2, -0.15) is 0 Å². The van der Waals surface area contributed by atoms with Crippen molar-refractivity contribution in [1.82, 2.24) is 5.43 Å². The molecule has 6 heteroatoms. The molecule has 154 valence electrons. The Morgan fingerprint density at radius 3 is 2.27 bits per heavy atom. The Labute approximate surface area is 177 Å². The topological polar surface area (TPSA) is 60.2 Å². The summed E-state index contributed by atoms with van der Waals surface area (Å²) in [5.41, 5.74) is 10.3. The van der Waals surface area contributed by atoms with Gasteiger partial charge < -0.3 is 30.2 Å². The molecule has 0 spiro atoms. The minimum atomic E-state index is 0.564. The molecule has 0 atom stereocenters. The van der Waals surface area contributed by atoms with Crippen LogP contribution in [0.4, 0.5) is 17.1 Å². The highest BCUT2D eigenvalue weighted by atomic mass is 16.5. The van der Waals surface area contributed by atoms with Crippen LogP contribution in [0.25, 0.3) is 16.4 Å². The van der Waals surface area contributed by atoms with E-state index >= 15 is 0 Å². The lowest BCUT2D eigenvalue weighted by Gasteiger charge is -2.38. The van der Waals surface area contributed by atoms with E-state index in [0.717, 1.165) is 50.8 Å². The average molecular weight is 401 g/mol. The molecule has 3 aromatic rings. The number of hydrazine groups is 1. The van der Waals surface area contributed by atoms with E-state index in [9.17, 15) is 0 Å². The third-order valence-electron chi connectivity index (χ3n) is 5.05. The summed E-state index contributed by atoms with van der Waals surface area (Å²) in [5.74, 6) is 2.07. The SMILES string of the molecule is COc1cc(OC)cc(-c2cc(C)c3c(c2)N(C)NC(=Nc2cccc(C)c2)[N-]3)c1. The van der Waals surface area contributed by atoms with Crippen LogP contribution in [0.1, 0.15) is 11.1 Å². The van der Waals surface area contributed by atoms with E-state index in [4.69, 9.17) is 14.8 Å². The van der Waals surface area contributed by atoms with E-state index < -0.39 is 0 Å². The Kier molecular flexibility index (Phi) is 5.23. The van der Waals surface area contributed by atoms with Crippen molar-refractivity contribution in [1.29, 1.82) is 0 Å². The molecular formula is C24H25N4O2-. The molecule has 1 N–H and O–H groups in total. The lowest BCUT2D eigenvalue weighted by atomic mass is 10.00. The second-order valence-electron chi connectivity index (χ2n) is 7.32. The molecule has 0 bridgehead atoms. The van der Waals surface area contributed by atoms with E-state index in [2.05, 4.69) is 42.5 Å². The van der Waals surface area contributed by atoms with Crippen LogP contribution < -0.4 is 19.9 Å². The van der Waals surface area contributed by atoms with Crippen molar-refractivity contribution in [3.8, 4) is 22.6 Å². The highest BCUT2D eigenvalue weighted by molar-refractivity contribution is 6.08. The maximum absolute atomic E-state index is 5.42. The molecule has 6 nitrogen and oxygen atoms in total. The van der Waals surface area contributed by atoms with Gasteiger partial charge in [0.2, 0.25) is 0 Å². The van der Waals surface area contributed by atoms with Crippen LogP contribution >= 0.6 is 0 Å². The summed E-state index contributed by atoms with van der Waals surface area (Å²) in [5, 5.41) is 6.72. The van der Waals surface area contributed by atoms with Gasteiger partial charge in [-0.25, -0.2) is 0 Å². The van der Waals surface area contributed by atoms with E-state index in [0.29, 0.717) is 5.96 Å². The van der Waals surface area contributed by atoms with Crippen molar-refractivity contribution in [2.75, 3.05) is 26.3 Å². The number of aryl methyl sites for hydroxylation is 2. The molecule has 3 aromatic carbocycles. The molecule has 0 saturated carbocycles. The summed E-state index contributed by atoms with van der Waals surface area (Å²) in [6.45, 7) is 4.11. The van der Waals surface area contributed by atoms with Crippen molar-refractivity contribution < 1.29 is 9.47 Å². The molecule has 0 saturated heterocycles. The molecule has 1 aliphatic heterocycles. The molecule has 0 radical (unpaired) electrons. The van der Waals surface area contributed by atoms with Gasteiger partial charge in [-0.15, -0.1) is 0 Å². The maximum atomic E-state index is 5.42. The summed E-state index contributed by atoms with van der Waals surface area (Å²) < 4.78 is 10.8. The smallest absolute Gasteiger partial charge is 0.123 e. The zero-order valence-electron chi connectivity index (χ0n) is 17.9. The molecule has 0 aliphatic carbocycles. The van der Waals surface area contributed by atoms with E-state index in [1.165, 1.54) is 0 Å². The Balaban J connectivity index is 1.72. The van der Waals surface area contributed by atoms with Gasteiger partial charge in [0.1, 0.15) is 11.5 Å². The maximum Gasteiger partial charge on any atom is 0.123 e. The number of anilines is 1. The highest BCUT2D eigenvalue weighted by Crippen LogP contribution is 2.42. The number of hydrogen-bond acceptors (Lipinski definition) is 4. The van der Waals surface area contributed by atoms with Crippen LogP contribution in [0, 0.1) is 13.8 Å². The summed E-state index contributed by atoms with van der Waals surface area (Å²) in [4.78, 5) is 4.66. The van der Waals surface area contributed by atoms with Gasteiger partial charge >= 0.3 is 0 Å².